The van der Waals surface area contributed by atoms with Gasteiger partial charge in [-0.3, -0.25) is 0 Å². The van der Waals surface area contributed by atoms with Gasteiger partial charge in [0.25, 0.3) is 0 Å². The van der Waals surface area contributed by atoms with Crippen LogP contribution in [0.15, 0.2) is 6.07 Å². The molecule has 0 amide bonds. The first-order valence-electron chi connectivity index (χ1n) is 5.52. The lowest BCUT2D eigenvalue weighted by Crippen LogP contribution is -2.44. The fourth-order valence-corrected chi connectivity index (χ4v) is 1.15. The molecule has 0 bridgehead atoms. The summed E-state index contributed by atoms with van der Waals surface area (Å²) < 4.78 is 26.6. The highest BCUT2D eigenvalue weighted by Gasteiger charge is 2.21. The van der Waals surface area contributed by atoms with Crippen LogP contribution in [0.2, 0.25) is 0 Å². The van der Waals surface area contributed by atoms with Crippen molar-refractivity contribution in [3.63, 3.8) is 0 Å². The maximum absolute atomic E-state index is 13.5. The molecule has 102 valence electrons. The predicted octanol–water partition coefficient (Wildman–Crippen LogP) is 1.40. The van der Waals surface area contributed by atoms with Gasteiger partial charge in [0.15, 0.2) is 23.3 Å². The van der Waals surface area contributed by atoms with Crippen LogP contribution in [0.4, 0.5) is 20.4 Å². The first kappa shape index (κ1) is 14.6. The summed E-state index contributed by atoms with van der Waals surface area (Å²) in [4.78, 5) is 5.73. The third-order valence-corrected chi connectivity index (χ3v) is 2.97. The molecule has 0 fully saturated rings. The second-order valence-electron chi connectivity index (χ2n) is 4.85. The van der Waals surface area contributed by atoms with Gasteiger partial charge in [-0.25, -0.2) is 19.6 Å². The molecule has 1 aromatic rings. The van der Waals surface area contributed by atoms with Gasteiger partial charge in [-0.15, -0.1) is 0 Å². The molecule has 5 nitrogen and oxygen atoms in total. The number of rotatable bonds is 5. The summed E-state index contributed by atoms with van der Waals surface area (Å²) in [6, 6.07) is 0.743. The Morgan fingerprint density at radius 3 is 2.33 bits per heavy atom. The Hall–Kier alpha value is -1.47. The van der Waals surface area contributed by atoms with Crippen molar-refractivity contribution in [3.8, 4) is 0 Å². The van der Waals surface area contributed by atoms with E-state index in [-0.39, 0.29) is 17.2 Å². The molecule has 18 heavy (non-hydrogen) atoms. The van der Waals surface area contributed by atoms with E-state index >= 15 is 0 Å². The van der Waals surface area contributed by atoms with E-state index in [4.69, 9.17) is 5.84 Å². The first-order valence-corrected chi connectivity index (χ1v) is 5.52. The molecule has 0 atom stereocenters. The van der Waals surface area contributed by atoms with E-state index in [0.29, 0.717) is 6.54 Å². The largest absolute Gasteiger partial charge is 0.366 e. The van der Waals surface area contributed by atoms with Crippen molar-refractivity contribution < 1.29 is 8.78 Å². The molecule has 0 aromatic carbocycles. The Morgan fingerprint density at radius 2 is 1.83 bits per heavy atom. The van der Waals surface area contributed by atoms with Crippen LogP contribution >= 0.6 is 0 Å². The molecule has 0 spiro atoms. The van der Waals surface area contributed by atoms with E-state index < -0.39 is 11.6 Å². The molecule has 7 heteroatoms. The average Bonchev–Trinajstić information content (AvgIpc) is 2.27. The number of hydrogen-bond acceptors (Lipinski definition) is 5. The maximum atomic E-state index is 13.5. The third kappa shape index (κ3) is 3.27. The average molecular weight is 259 g/mol. The lowest BCUT2D eigenvalue weighted by molar-refractivity contribution is 0.209. The van der Waals surface area contributed by atoms with Crippen molar-refractivity contribution in [3.05, 3.63) is 17.7 Å². The molecule has 0 unspecified atom stereocenters. The quantitative estimate of drug-likeness (QED) is 0.551. The van der Waals surface area contributed by atoms with Crippen LogP contribution in [0.3, 0.4) is 0 Å². The predicted molar refractivity (Wildman–Crippen MR) is 68.2 cm³/mol. The van der Waals surface area contributed by atoms with E-state index in [0.717, 1.165) is 6.07 Å². The van der Waals surface area contributed by atoms with Gasteiger partial charge in [0.05, 0.1) is 0 Å². The number of aromatic nitrogens is 1. The summed E-state index contributed by atoms with van der Waals surface area (Å²) >= 11 is 0. The number of nitrogens with two attached hydrogens (primary N) is 1. The normalized spacial score (nSPS) is 11.8. The van der Waals surface area contributed by atoms with Crippen molar-refractivity contribution >= 4 is 11.6 Å². The number of anilines is 2. The van der Waals surface area contributed by atoms with E-state index in [2.05, 4.69) is 15.7 Å². The van der Waals surface area contributed by atoms with Crippen LogP contribution in [0, 0.1) is 11.6 Å². The van der Waals surface area contributed by atoms with Gasteiger partial charge in [-0.1, -0.05) is 0 Å². The summed E-state index contributed by atoms with van der Waals surface area (Å²) in [5.41, 5.74) is 1.88. The summed E-state index contributed by atoms with van der Waals surface area (Å²) in [6.45, 7) is 4.44. The Morgan fingerprint density at radius 1 is 1.28 bits per heavy atom. The number of nitrogen functional groups attached to an aromatic ring is 1. The molecular weight excluding hydrogens is 240 g/mol. The van der Waals surface area contributed by atoms with Crippen molar-refractivity contribution in [2.24, 2.45) is 5.84 Å². The molecule has 0 aliphatic carbocycles. The minimum Gasteiger partial charge on any atom is -0.366 e. The zero-order valence-corrected chi connectivity index (χ0v) is 11.0. The Kier molecular flexibility index (Phi) is 4.42. The van der Waals surface area contributed by atoms with Crippen molar-refractivity contribution in [1.82, 2.24) is 9.88 Å². The SMILES string of the molecule is CN(C)C(C)(C)CNc1nc(NN)c(F)cc1F. The van der Waals surface area contributed by atoms with E-state index in [9.17, 15) is 8.78 Å². The Bertz CT molecular complexity index is 420. The Labute approximate surface area is 105 Å². The smallest absolute Gasteiger partial charge is 0.178 e. The van der Waals surface area contributed by atoms with Crippen LogP contribution in [-0.4, -0.2) is 36.1 Å². The molecular formula is C11H19F2N5. The highest BCUT2D eigenvalue weighted by molar-refractivity contribution is 5.47. The van der Waals surface area contributed by atoms with Gasteiger partial charge >= 0.3 is 0 Å². The van der Waals surface area contributed by atoms with Crippen molar-refractivity contribution in [2.75, 3.05) is 31.4 Å². The highest BCUT2D eigenvalue weighted by Crippen LogP contribution is 2.19. The molecule has 1 heterocycles. The van der Waals surface area contributed by atoms with Crippen LogP contribution in [0.25, 0.3) is 0 Å². The van der Waals surface area contributed by atoms with Gasteiger partial charge in [-0.2, -0.15) is 0 Å². The van der Waals surface area contributed by atoms with Gasteiger partial charge in [-0.05, 0) is 27.9 Å². The van der Waals surface area contributed by atoms with E-state index in [1.165, 1.54) is 0 Å². The maximum Gasteiger partial charge on any atom is 0.178 e. The summed E-state index contributed by atoms with van der Waals surface area (Å²) in [5.74, 6) is 3.29. The monoisotopic (exact) mass is 259 g/mol. The standard InChI is InChI=1S/C11H19F2N5/c1-11(2,18(3)4)6-15-9-7(12)5-8(13)10(16-9)17-14/h5H,6,14H2,1-4H3,(H2,15,16,17). The highest BCUT2D eigenvalue weighted by atomic mass is 19.1. The zero-order valence-electron chi connectivity index (χ0n) is 11.0. The lowest BCUT2D eigenvalue weighted by Gasteiger charge is -2.32. The number of likely N-dealkylation sites (N-methyl/N-ethyl adjacent to an activating group) is 1. The lowest BCUT2D eigenvalue weighted by atomic mass is 10.0. The van der Waals surface area contributed by atoms with Gasteiger partial charge < -0.3 is 15.6 Å². The minimum atomic E-state index is -0.826. The van der Waals surface area contributed by atoms with Crippen LogP contribution < -0.4 is 16.6 Å². The van der Waals surface area contributed by atoms with Crippen LogP contribution in [0.5, 0.6) is 0 Å². The topological polar surface area (TPSA) is 66.2 Å². The third-order valence-electron chi connectivity index (χ3n) is 2.97. The fourth-order valence-electron chi connectivity index (χ4n) is 1.15. The molecule has 0 aliphatic rings. The van der Waals surface area contributed by atoms with Gasteiger partial charge in [0.2, 0.25) is 0 Å². The summed E-state index contributed by atoms with van der Waals surface area (Å²) in [5, 5.41) is 2.85. The fraction of sp³-hybridized carbons (Fsp3) is 0.545. The van der Waals surface area contributed by atoms with E-state index in [1.54, 1.807) is 0 Å². The zero-order chi connectivity index (χ0) is 13.9. The number of halogens is 2. The summed E-state index contributed by atoms with van der Waals surface area (Å²) in [6.07, 6.45) is 0. The molecule has 4 N–H and O–H groups in total. The summed E-state index contributed by atoms with van der Waals surface area (Å²) in [7, 11) is 3.84. The Balaban J connectivity index is 2.85. The second-order valence-corrected chi connectivity index (χ2v) is 4.85. The molecule has 0 aliphatic heterocycles. The minimum absolute atomic E-state index is 0.0284. The number of hydrogen-bond donors (Lipinski definition) is 3. The van der Waals surface area contributed by atoms with Crippen molar-refractivity contribution in [1.29, 1.82) is 0 Å². The van der Waals surface area contributed by atoms with Gasteiger partial charge in [0.1, 0.15) is 0 Å². The number of nitrogens with zero attached hydrogens (tertiary/aromatic N) is 2. The molecule has 0 saturated carbocycles. The number of pyridine rings is 1. The van der Waals surface area contributed by atoms with Crippen molar-refractivity contribution in [2.45, 2.75) is 19.4 Å². The van der Waals surface area contributed by atoms with Crippen LogP contribution in [0.1, 0.15) is 13.8 Å². The van der Waals surface area contributed by atoms with Gasteiger partial charge in [0, 0.05) is 18.2 Å². The number of hydrazine groups is 1. The first-order chi connectivity index (χ1) is 8.27. The number of nitrogens with one attached hydrogen (secondary N) is 2. The second kappa shape index (κ2) is 5.45. The molecule has 0 saturated heterocycles. The van der Waals surface area contributed by atoms with E-state index in [1.807, 2.05) is 32.8 Å². The molecule has 1 aromatic heterocycles. The van der Waals surface area contributed by atoms with Crippen LogP contribution in [-0.2, 0) is 0 Å². The molecule has 0 radical (unpaired) electrons. The molecule has 1 rings (SSSR count).